The van der Waals surface area contributed by atoms with Crippen LogP contribution in [0.15, 0.2) is 0 Å². The lowest BCUT2D eigenvalue weighted by Crippen LogP contribution is -2.46. The van der Waals surface area contributed by atoms with Gasteiger partial charge in [-0.2, -0.15) is 0 Å². The lowest BCUT2D eigenvalue weighted by atomic mass is 9.90. The third kappa shape index (κ3) is 3.63. The fraction of sp³-hybridized carbons (Fsp3) is 0.889. The quantitative estimate of drug-likeness (QED) is 0.646. The maximum absolute atomic E-state index is 11.0. The molecule has 0 aromatic heterocycles. The van der Waals surface area contributed by atoms with Gasteiger partial charge in [0.25, 0.3) is 0 Å². The van der Waals surface area contributed by atoms with Gasteiger partial charge in [0, 0.05) is 6.04 Å². The zero-order valence-corrected chi connectivity index (χ0v) is 7.95. The summed E-state index contributed by atoms with van der Waals surface area (Å²) in [6.07, 6.45) is 2.65. The van der Waals surface area contributed by atoms with Gasteiger partial charge in [0.05, 0.1) is 12.7 Å². The van der Waals surface area contributed by atoms with Crippen LogP contribution in [0.3, 0.4) is 0 Å². The molecule has 1 aliphatic rings. The van der Waals surface area contributed by atoms with Crippen LogP contribution in [0.1, 0.15) is 32.6 Å². The van der Waals surface area contributed by atoms with E-state index in [0.29, 0.717) is 19.4 Å². The van der Waals surface area contributed by atoms with Gasteiger partial charge in [-0.25, -0.2) is 4.79 Å². The van der Waals surface area contributed by atoms with E-state index in [1.807, 2.05) is 6.92 Å². The molecule has 0 atom stereocenters. The van der Waals surface area contributed by atoms with E-state index in [4.69, 9.17) is 9.84 Å². The number of carbonyl (C=O) groups is 1. The molecule has 0 aliphatic heterocycles. The second kappa shape index (κ2) is 5.07. The SMILES string of the molecule is CCCCOC(=O)NC1CC(O)C1. The van der Waals surface area contributed by atoms with Crippen LogP contribution in [0.2, 0.25) is 0 Å². The number of carbonyl (C=O) groups excluding carboxylic acids is 1. The Morgan fingerprint density at radius 2 is 2.31 bits per heavy atom. The number of alkyl carbamates (subject to hydrolysis) is 1. The Labute approximate surface area is 78.3 Å². The first kappa shape index (κ1) is 10.3. The minimum absolute atomic E-state index is 0.115. The Kier molecular flexibility index (Phi) is 4.02. The summed E-state index contributed by atoms with van der Waals surface area (Å²) < 4.78 is 4.89. The first-order valence-electron chi connectivity index (χ1n) is 4.83. The molecule has 1 saturated carbocycles. The van der Waals surface area contributed by atoms with Crippen molar-refractivity contribution in [3.8, 4) is 0 Å². The molecule has 1 amide bonds. The van der Waals surface area contributed by atoms with Crippen LogP contribution in [-0.4, -0.2) is 30.0 Å². The molecule has 0 unspecified atom stereocenters. The molecule has 1 rings (SSSR count). The van der Waals surface area contributed by atoms with Crippen molar-refractivity contribution in [3.05, 3.63) is 0 Å². The molecular weight excluding hydrogens is 170 g/mol. The van der Waals surface area contributed by atoms with Gasteiger partial charge in [0.15, 0.2) is 0 Å². The Hall–Kier alpha value is -0.770. The molecule has 0 radical (unpaired) electrons. The molecule has 0 bridgehead atoms. The van der Waals surface area contributed by atoms with E-state index in [1.54, 1.807) is 0 Å². The van der Waals surface area contributed by atoms with Gasteiger partial charge in [0.1, 0.15) is 0 Å². The molecule has 2 N–H and O–H groups in total. The van der Waals surface area contributed by atoms with Gasteiger partial charge in [0.2, 0.25) is 0 Å². The molecule has 76 valence electrons. The molecule has 1 aliphatic carbocycles. The van der Waals surface area contributed by atoms with Gasteiger partial charge >= 0.3 is 6.09 Å². The first-order valence-corrected chi connectivity index (χ1v) is 4.83. The van der Waals surface area contributed by atoms with Crippen molar-refractivity contribution >= 4 is 6.09 Å². The molecule has 0 aromatic carbocycles. The average molecular weight is 187 g/mol. The van der Waals surface area contributed by atoms with E-state index < -0.39 is 0 Å². The summed E-state index contributed by atoms with van der Waals surface area (Å²) in [4.78, 5) is 11.0. The van der Waals surface area contributed by atoms with Crippen LogP contribution in [-0.2, 0) is 4.74 Å². The smallest absolute Gasteiger partial charge is 0.407 e. The maximum Gasteiger partial charge on any atom is 0.407 e. The van der Waals surface area contributed by atoms with Gasteiger partial charge in [-0.05, 0) is 19.3 Å². The summed E-state index contributed by atoms with van der Waals surface area (Å²) in [6.45, 7) is 2.53. The predicted molar refractivity (Wildman–Crippen MR) is 48.4 cm³/mol. The minimum Gasteiger partial charge on any atom is -0.450 e. The van der Waals surface area contributed by atoms with E-state index in [2.05, 4.69) is 5.32 Å². The van der Waals surface area contributed by atoms with E-state index >= 15 is 0 Å². The summed E-state index contributed by atoms with van der Waals surface area (Å²) in [5.41, 5.74) is 0. The molecule has 4 nitrogen and oxygen atoms in total. The summed E-state index contributed by atoms with van der Waals surface area (Å²) in [5.74, 6) is 0. The van der Waals surface area contributed by atoms with Gasteiger partial charge < -0.3 is 15.2 Å². The number of unbranched alkanes of at least 4 members (excludes halogenated alkanes) is 1. The highest BCUT2D eigenvalue weighted by Crippen LogP contribution is 2.19. The topological polar surface area (TPSA) is 58.6 Å². The van der Waals surface area contributed by atoms with Gasteiger partial charge in [-0.3, -0.25) is 0 Å². The normalized spacial score (nSPS) is 26.3. The van der Waals surface area contributed by atoms with Crippen molar-refractivity contribution in [1.29, 1.82) is 0 Å². The van der Waals surface area contributed by atoms with Crippen LogP contribution in [0.25, 0.3) is 0 Å². The Balaban J connectivity index is 1.98. The molecule has 0 saturated heterocycles. The maximum atomic E-state index is 11.0. The van der Waals surface area contributed by atoms with Crippen LogP contribution in [0, 0.1) is 0 Å². The fourth-order valence-electron chi connectivity index (χ4n) is 1.22. The molecule has 4 heteroatoms. The van der Waals surface area contributed by atoms with Crippen LogP contribution in [0.4, 0.5) is 4.79 Å². The fourth-order valence-corrected chi connectivity index (χ4v) is 1.22. The molecular formula is C9H17NO3. The summed E-state index contributed by atoms with van der Waals surface area (Å²) in [7, 11) is 0. The van der Waals surface area contributed by atoms with E-state index in [-0.39, 0.29) is 18.2 Å². The third-order valence-electron chi connectivity index (χ3n) is 2.17. The molecule has 1 fully saturated rings. The van der Waals surface area contributed by atoms with E-state index in [0.717, 1.165) is 12.8 Å². The highest BCUT2D eigenvalue weighted by atomic mass is 16.5. The lowest BCUT2D eigenvalue weighted by Gasteiger charge is -2.31. The number of ether oxygens (including phenoxy) is 1. The van der Waals surface area contributed by atoms with Crippen molar-refractivity contribution in [2.45, 2.75) is 44.8 Å². The van der Waals surface area contributed by atoms with E-state index in [1.165, 1.54) is 0 Å². The number of aliphatic hydroxyl groups is 1. The standard InChI is InChI=1S/C9H17NO3/c1-2-3-4-13-9(12)10-7-5-8(11)6-7/h7-8,11H,2-6H2,1H3,(H,10,12). The van der Waals surface area contributed by atoms with Crippen molar-refractivity contribution in [2.75, 3.05) is 6.61 Å². The number of rotatable bonds is 4. The van der Waals surface area contributed by atoms with Crippen molar-refractivity contribution in [2.24, 2.45) is 0 Å². The second-order valence-electron chi connectivity index (χ2n) is 3.46. The number of amides is 1. The Morgan fingerprint density at radius 3 is 2.85 bits per heavy atom. The number of hydrogen-bond donors (Lipinski definition) is 2. The monoisotopic (exact) mass is 187 g/mol. The highest BCUT2D eigenvalue weighted by Gasteiger charge is 2.28. The average Bonchev–Trinajstić information content (AvgIpc) is 2.02. The molecule has 13 heavy (non-hydrogen) atoms. The minimum atomic E-state index is -0.356. The molecule has 0 heterocycles. The second-order valence-corrected chi connectivity index (χ2v) is 3.46. The Bertz CT molecular complexity index is 166. The van der Waals surface area contributed by atoms with Crippen molar-refractivity contribution in [3.63, 3.8) is 0 Å². The van der Waals surface area contributed by atoms with Crippen molar-refractivity contribution in [1.82, 2.24) is 5.32 Å². The predicted octanol–water partition coefficient (Wildman–Crippen LogP) is 1.04. The van der Waals surface area contributed by atoms with Crippen LogP contribution in [0.5, 0.6) is 0 Å². The largest absolute Gasteiger partial charge is 0.450 e. The summed E-state index contributed by atoms with van der Waals surface area (Å²) >= 11 is 0. The van der Waals surface area contributed by atoms with Crippen LogP contribution >= 0.6 is 0 Å². The summed E-state index contributed by atoms with van der Waals surface area (Å²) in [5, 5.41) is 11.6. The molecule has 0 aromatic rings. The van der Waals surface area contributed by atoms with E-state index in [9.17, 15) is 4.79 Å². The number of hydrogen-bond acceptors (Lipinski definition) is 3. The molecule has 0 spiro atoms. The Morgan fingerprint density at radius 1 is 1.62 bits per heavy atom. The first-order chi connectivity index (χ1) is 6.22. The van der Waals surface area contributed by atoms with Gasteiger partial charge in [-0.1, -0.05) is 13.3 Å². The zero-order valence-electron chi connectivity index (χ0n) is 7.95. The zero-order chi connectivity index (χ0) is 9.68. The third-order valence-corrected chi connectivity index (χ3v) is 2.17. The van der Waals surface area contributed by atoms with Crippen molar-refractivity contribution < 1.29 is 14.6 Å². The van der Waals surface area contributed by atoms with Crippen LogP contribution < -0.4 is 5.32 Å². The highest BCUT2D eigenvalue weighted by molar-refractivity contribution is 5.67. The summed E-state index contributed by atoms with van der Waals surface area (Å²) in [6, 6.07) is 0.115. The van der Waals surface area contributed by atoms with Gasteiger partial charge in [-0.15, -0.1) is 0 Å². The number of nitrogens with one attached hydrogen (secondary N) is 1. The number of aliphatic hydroxyl groups excluding tert-OH is 1. The lowest BCUT2D eigenvalue weighted by molar-refractivity contribution is 0.0577.